The minimum atomic E-state index is 0.632. The van der Waals surface area contributed by atoms with Gasteiger partial charge in [-0.2, -0.15) is 0 Å². The summed E-state index contributed by atoms with van der Waals surface area (Å²) in [6, 6.07) is 0. The van der Waals surface area contributed by atoms with E-state index in [1.54, 1.807) is 0 Å². The zero-order valence-electron chi connectivity index (χ0n) is 11.1. The van der Waals surface area contributed by atoms with E-state index < -0.39 is 0 Å². The summed E-state index contributed by atoms with van der Waals surface area (Å²) in [7, 11) is 2.07. The smallest absolute Gasteiger partial charge is 0.00354 e. The summed E-state index contributed by atoms with van der Waals surface area (Å²) in [5, 5.41) is 3.32. The van der Waals surface area contributed by atoms with E-state index in [0.29, 0.717) is 5.41 Å². The minimum absolute atomic E-state index is 0.632. The van der Waals surface area contributed by atoms with Crippen LogP contribution < -0.4 is 5.32 Å². The van der Waals surface area contributed by atoms with Crippen molar-refractivity contribution in [3.8, 4) is 0 Å². The molecule has 0 amide bonds. The van der Waals surface area contributed by atoms with E-state index in [4.69, 9.17) is 0 Å². The highest BCUT2D eigenvalue weighted by molar-refractivity contribution is 4.85. The Bertz CT molecular complexity index is 209. The Balaban J connectivity index is 1.77. The fourth-order valence-electron chi connectivity index (χ4n) is 3.62. The van der Waals surface area contributed by atoms with Gasteiger partial charge in [-0.05, 0) is 50.7 Å². The van der Waals surface area contributed by atoms with Crippen molar-refractivity contribution in [2.24, 2.45) is 11.3 Å². The molecular weight excluding hydrogens is 196 g/mol. The van der Waals surface area contributed by atoms with Gasteiger partial charge in [-0.1, -0.05) is 26.2 Å². The van der Waals surface area contributed by atoms with E-state index in [2.05, 4.69) is 24.2 Å². The van der Waals surface area contributed by atoms with Crippen LogP contribution in [0.2, 0.25) is 0 Å². The molecule has 2 aliphatic rings. The van der Waals surface area contributed by atoms with Crippen LogP contribution in [0.25, 0.3) is 0 Å². The number of likely N-dealkylation sites (tertiary alicyclic amines) is 1. The lowest BCUT2D eigenvalue weighted by Crippen LogP contribution is -2.36. The molecule has 16 heavy (non-hydrogen) atoms. The second-order valence-corrected chi connectivity index (χ2v) is 6.32. The topological polar surface area (TPSA) is 15.3 Å². The van der Waals surface area contributed by atoms with Gasteiger partial charge >= 0.3 is 0 Å². The van der Waals surface area contributed by atoms with Crippen LogP contribution in [0.1, 0.15) is 45.4 Å². The lowest BCUT2D eigenvalue weighted by atomic mass is 9.75. The van der Waals surface area contributed by atoms with Crippen LogP contribution in [0.3, 0.4) is 0 Å². The van der Waals surface area contributed by atoms with Gasteiger partial charge in [0, 0.05) is 13.1 Å². The molecule has 1 heterocycles. The standard InChI is InChI=1S/C14H28N2/c1-14(7-4-3-5-8-14)12-16-9-6-13(11-16)10-15-2/h13,15H,3-12H2,1-2H3. The molecule has 2 fully saturated rings. The quantitative estimate of drug-likeness (QED) is 0.789. The second kappa shape index (κ2) is 5.50. The zero-order chi connectivity index (χ0) is 11.4. The molecule has 0 radical (unpaired) electrons. The molecule has 0 aromatic heterocycles. The van der Waals surface area contributed by atoms with E-state index >= 15 is 0 Å². The molecular formula is C14H28N2. The third-order valence-corrected chi connectivity index (χ3v) is 4.53. The minimum Gasteiger partial charge on any atom is -0.319 e. The Morgan fingerprint density at radius 1 is 1.25 bits per heavy atom. The molecule has 1 saturated heterocycles. The van der Waals surface area contributed by atoms with Crippen LogP contribution in [0.4, 0.5) is 0 Å². The van der Waals surface area contributed by atoms with Crippen molar-refractivity contribution in [1.82, 2.24) is 10.2 Å². The molecule has 1 N–H and O–H groups in total. The predicted octanol–water partition coefficient (Wildman–Crippen LogP) is 2.50. The second-order valence-electron chi connectivity index (χ2n) is 6.32. The summed E-state index contributed by atoms with van der Waals surface area (Å²) in [5.74, 6) is 0.900. The summed E-state index contributed by atoms with van der Waals surface area (Å²) in [4.78, 5) is 2.72. The Labute approximate surface area is 101 Å². The molecule has 1 aliphatic heterocycles. The van der Waals surface area contributed by atoms with Crippen LogP contribution in [0.15, 0.2) is 0 Å². The van der Waals surface area contributed by atoms with Gasteiger partial charge in [-0.25, -0.2) is 0 Å². The SMILES string of the molecule is CNCC1CCN(CC2(C)CCCCC2)C1. The van der Waals surface area contributed by atoms with E-state index in [1.807, 2.05) is 0 Å². The number of nitrogens with zero attached hydrogens (tertiary/aromatic N) is 1. The van der Waals surface area contributed by atoms with Crippen molar-refractivity contribution in [1.29, 1.82) is 0 Å². The fraction of sp³-hybridized carbons (Fsp3) is 1.00. The van der Waals surface area contributed by atoms with Crippen LogP contribution in [0, 0.1) is 11.3 Å². The largest absolute Gasteiger partial charge is 0.319 e. The molecule has 1 saturated carbocycles. The van der Waals surface area contributed by atoms with Crippen molar-refractivity contribution in [3.05, 3.63) is 0 Å². The number of hydrogen-bond donors (Lipinski definition) is 1. The van der Waals surface area contributed by atoms with Crippen LogP contribution in [-0.2, 0) is 0 Å². The predicted molar refractivity (Wildman–Crippen MR) is 69.7 cm³/mol. The first-order valence-corrected chi connectivity index (χ1v) is 7.09. The number of rotatable bonds is 4. The number of nitrogens with one attached hydrogen (secondary N) is 1. The molecule has 0 spiro atoms. The van der Waals surface area contributed by atoms with E-state index in [9.17, 15) is 0 Å². The fourth-order valence-corrected chi connectivity index (χ4v) is 3.62. The van der Waals surface area contributed by atoms with Crippen molar-refractivity contribution in [2.75, 3.05) is 33.2 Å². The summed E-state index contributed by atoms with van der Waals surface area (Å²) >= 11 is 0. The van der Waals surface area contributed by atoms with Crippen LogP contribution in [0.5, 0.6) is 0 Å². The molecule has 94 valence electrons. The first-order chi connectivity index (χ1) is 7.72. The molecule has 1 aliphatic carbocycles. The lowest BCUT2D eigenvalue weighted by Gasteiger charge is -2.37. The van der Waals surface area contributed by atoms with Gasteiger partial charge in [0.2, 0.25) is 0 Å². The molecule has 2 nitrogen and oxygen atoms in total. The number of hydrogen-bond acceptors (Lipinski definition) is 2. The maximum absolute atomic E-state index is 3.32. The van der Waals surface area contributed by atoms with Gasteiger partial charge in [-0.15, -0.1) is 0 Å². The molecule has 0 bridgehead atoms. The Kier molecular flexibility index (Phi) is 4.26. The average molecular weight is 224 g/mol. The Morgan fingerprint density at radius 2 is 2.00 bits per heavy atom. The highest BCUT2D eigenvalue weighted by Crippen LogP contribution is 2.37. The third-order valence-electron chi connectivity index (χ3n) is 4.53. The average Bonchev–Trinajstić information content (AvgIpc) is 2.66. The van der Waals surface area contributed by atoms with Gasteiger partial charge in [-0.3, -0.25) is 0 Å². The zero-order valence-corrected chi connectivity index (χ0v) is 11.1. The third kappa shape index (κ3) is 3.21. The molecule has 1 atom stereocenters. The molecule has 2 heteroatoms. The molecule has 0 aromatic carbocycles. The summed E-state index contributed by atoms with van der Waals surface area (Å²) in [6.07, 6.45) is 8.71. The summed E-state index contributed by atoms with van der Waals surface area (Å²) in [5.41, 5.74) is 0.632. The highest BCUT2D eigenvalue weighted by atomic mass is 15.2. The first-order valence-electron chi connectivity index (χ1n) is 7.09. The molecule has 2 rings (SSSR count). The molecule has 1 unspecified atom stereocenters. The maximum Gasteiger partial charge on any atom is 0.00354 e. The van der Waals surface area contributed by atoms with Crippen molar-refractivity contribution >= 4 is 0 Å². The van der Waals surface area contributed by atoms with Gasteiger partial charge in [0.05, 0.1) is 0 Å². The monoisotopic (exact) mass is 224 g/mol. The first kappa shape index (κ1) is 12.4. The summed E-state index contributed by atoms with van der Waals surface area (Å²) in [6.45, 7) is 7.73. The Morgan fingerprint density at radius 3 is 2.69 bits per heavy atom. The normalized spacial score (nSPS) is 30.8. The van der Waals surface area contributed by atoms with Crippen LogP contribution >= 0.6 is 0 Å². The van der Waals surface area contributed by atoms with Gasteiger partial charge in [0.25, 0.3) is 0 Å². The van der Waals surface area contributed by atoms with Crippen molar-refractivity contribution in [2.45, 2.75) is 45.4 Å². The van der Waals surface area contributed by atoms with Crippen molar-refractivity contribution < 1.29 is 0 Å². The van der Waals surface area contributed by atoms with Gasteiger partial charge < -0.3 is 10.2 Å². The lowest BCUT2D eigenvalue weighted by molar-refractivity contribution is 0.136. The van der Waals surface area contributed by atoms with Crippen LogP contribution in [-0.4, -0.2) is 38.1 Å². The summed E-state index contributed by atoms with van der Waals surface area (Å²) < 4.78 is 0. The maximum atomic E-state index is 3.32. The van der Waals surface area contributed by atoms with E-state index in [1.165, 1.54) is 64.7 Å². The van der Waals surface area contributed by atoms with Gasteiger partial charge in [0.1, 0.15) is 0 Å². The van der Waals surface area contributed by atoms with E-state index in [0.717, 1.165) is 5.92 Å². The highest BCUT2D eigenvalue weighted by Gasteiger charge is 2.31. The molecule has 0 aromatic rings. The van der Waals surface area contributed by atoms with Gasteiger partial charge in [0.15, 0.2) is 0 Å². The van der Waals surface area contributed by atoms with Crippen molar-refractivity contribution in [3.63, 3.8) is 0 Å². The Hall–Kier alpha value is -0.0800. The van der Waals surface area contributed by atoms with E-state index in [-0.39, 0.29) is 0 Å².